The summed E-state index contributed by atoms with van der Waals surface area (Å²) in [6.45, 7) is 6.39. The van der Waals surface area contributed by atoms with E-state index in [4.69, 9.17) is 0 Å². The number of hydrogen-bond donors (Lipinski definition) is 0. The Balaban J connectivity index is 1.61. The number of rotatable bonds is 9. The van der Waals surface area contributed by atoms with Gasteiger partial charge in [-0.25, -0.2) is 0 Å². The molecule has 1 fully saturated rings. The van der Waals surface area contributed by atoms with Gasteiger partial charge in [0, 0.05) is 86.4 Å². The normalized spacial score (nSPS) is 14.8. The predicted molar refractivity (Wildman–Crippen MR) is 152 cm³/mol. The van der Waals surface area contributed by atoms with Gasteiger partial charge in [0.15, 0.2) is 0 Å². The molecule has 0 bridgehead atoms. The molecule has 0 aliphatic carbocycles. The minimum atomic E-state index is -0.530. The standard InChI is InChI=1S/C30H31N5O5/c1-2-31-13-15-32(16-14-31)30(36)19-26(23-9-6-10-24(17-23)34(37)38)28-21-33(20-22-7-4-3-5-8-22)29-12-11-25(35(39)40)18-27(28)29/h3-12,17-18,21,26H,2,13-16,19-20H2,1H3. The van der Waals surface area contributed by atoms with Gasteiger partial charge in [-0.1, -0.05) is 49.4 Å². The Morgan fingerprint density at radius 1 is 0.875 bits per heavy atom. The number of piperazine rings is 1. The highest BCUT2D eigenvalue weighted by Gasteiger charge is 2.28. The fourth-order valence-electron chi connectivity index (χ4n) is 5.49. The topological polar surface area (TPSA) is 115 Å². The first-order valence-corrected chi connectivity index (χ1v) is 13.4. The van der Waals surface area contributed by atoms with Crippen molar-refractivity contribution >= 4 is 28.2 Å². The van der Waals surface area contributed by atoms with Gasteiger partial charge < -0.3 is 14.4 Å². The molecule has 0 saturated carbocycles. The SMILES string of the molecule is CCN1CCN(C(=O)CC(c2cccc([N+](=O)[O-])c2)c2cn(Cc3ccccc3)c3ccc([N+](=O)[O-])cc23)CC1. The van der Waals surface area contributed by atoms with Crippen LogP contribution in [0.5, 0.6) is 0 Å². The fraction of sp³-hybridized carbons (Fsp3) is 0.300. The quantitative estimate of drug-likeness (QED) is 0.213. The van der Waals surface area contributed by atoms with E-state index < -0.39 is 15.8 Å². The number of fused-ring (bicyclic) bond motifs is 1. The monoisotopic (exact) mass is 541 g/mol. The summed E-state index contributed by atoms with van der Waals surface area (Å²) in [5, 5.41) is 24.0. The Morgan fingerprint density at radius 2 is 1.57 bits per heavy atom. The Kier molecular flexibility index (Phi) is 7.88. The number of likely N-dealkylation sites (N-methyl/N-ethyl adjacent to an activating group) is 1. The Labute approximate surface area is 231 Å². The Morgan fingerprint density at radius 3 is 2.25 bits per heavy atom. The van der Waals surface area contributed by atoms with Gasteiger partial charge in [0.1, 0.15) is 0 Å². The summed E-state index contributed by atoms with van der Waals surface area (Å²) in [4.78, 5) is 40.2. The number of benzene rings is 3. The van der Waals surface area contributed by atoms with Crippen molar-refractivity contribution in [1.82, 2.24) is 14.4 Å². The third kappa shape index (κ3) is 5.72. The van der Waals surface area contributed by atoms with Crippen LogP contribution in [-0.2, 0) is 11.3 Å². The van der Waals surface area contributed by atoms with Crippen LogP contribution in [0.2, 0.25) is 0 Å². The lowest BCUT2D eigenvalue weighted by molar-refractivity contribution is -0.385. The van der Waals surface area contributed by atoms with Gasteiger partial charge in [-0.15, -0.1) is 0 Å². The summed E-state index contributed by atoms with van der Waals surface area (Å²) < 4.78 is 2.03. The second kappa shape index (κ2) is 11.7. The molecular formula is C30H31N5O5. The first-order chi connectivity index (χ1) is 19.3. The van der Waals surface area contributed by atoms with E-state index in [-0.39, 0.29) is 23.7 Å². The lowest BCUT2D eigenvalue weighted by atomic mass is 9.87. The lowest BCUT2D eigenvalue weighted by Crippen LogP contribution is -2.48. The van der Waals surface area contributed by atoms with Crippen LogP contribution in [-0.4, -0.2) is 62.8 Å². The highest BCUT2D eigenvalue weighted by molar-refractivity contribution is 5.88. The van der Waals surface area contributed by atoms with Crippen LogP contribution in [0.25, 0.3) is 10.9 Å². The molecule has 0 radical (unpaired) electrons. The number of amides is 1. The molecule has 2 heterocycles. The maximum atomic E-state index is 13.6. The molecule has 1 atom stereocenters. The molecule has 1 aliphatic rings. The molecule has 0 N–H and O–H groups in total. The minimum absolute atomic E-state index is 0.0401. The highest BCUT2D eigenvalue weighted by Crippen LogP contribution is 2.38. The van der Waals surface area contributed by atoms with Crippen LogP contribution in [0.15, 0.2) is 79.0 Å². The summed E-state index contributed by atoms with van der Waals surface area (Å²) in [5.74, 6) is -0.570. The number of nitro groups is 2. The maximum Gasteiger partial charge on any atom is 0.270 e. The molecule has 10 heteroatoms. The Bertz CT molecular complexity index is 1540. The molecule has 1 aliphatic heterocycles. The molecule has 3 aromatic carbocycles. The average molecular weight is 542 g/mol. The molecule has 1 aromatic heterocycles. The number of non-ortho nitro benzene ring substituents is 2. The molecule has 1 amide bonds. The summed E-state index contributed by atoms with van der Waals surface area (Å²) in [7, 11) is 0. The predicted octanol–water partition coefficient (Wildman–Crippen LogP) is 5.19. The first kappa shape index (κ1) is 27.0. The van der Waals surface area contributed by atoms with Gasteiger partial charge >= 0.3 is 0 Å². The summed E-state index contributed by atoms with van der Waals surface area (Å²) in [5.41, 5.74) is 3.09. The fourth-order valence-corrected chi connectivity index (χ4v) is 5.49. The molecule has 1 unspecified atom stereocenters. The van der Waals surface area contributed by atoms with Gasteiger partial charge in [0.2, 0.25) is 5.91 Å². The van der Waals surface area contributed by atoms with E-state index in [1.165, 1.54) is 18.2 Å². The van der Waals surface area contributed by atoms with Crippen molar-refractivity contribution in [2.24, 2.45) is 0 Å². The minimum Gasteiger partial charge on any atom is -0.343 e. The number of nitrogens with zero attached hydrogens (tertiary/aromatic N) is 5. The van der Waals surface area contributed by atoms with E-state index in [9.17, 15) is 25.0 Å². The van der Waals surface area contributed by atoms with Gasteiger partial charge in [-0.2, -0.15) is 0 Å². The van der Waals surface area contributed by atoms with Crippen LogP contribution in [0, 0.1) is 20.2 Å². The first-order valence-electron chi connectivity index (χ1n) is 13.4. The molecule has 4 aromatic rings. The van der Waals surface area contributed by atoms with E-state index in [0.29, 0.717) is 30.6 Å². The van der Waals surface area contributed by atoms with Crippen LogP contribution in [0.4, 0.5) is 11.4 Å². The van der Waals surface area contributed by atoms with Gasteiger partial charge in [-0.3, -0.25) is 25.0 Å². The lowest BCUT2D eigenvalue weighted by Gasteiger charge is -2.34. The number of nitro benzene ring substituents is 2. The summed E-state index contributed by atoms with van der Waals surface area (Å²) in [6.07, 6.45) is 2.04. The summed E-state index contributed by atoms with van der Waals surface area (Å²) in [6, 6.07) is 21.0. The van der Waals surface area contributed by atoms with Crippen LogP contribution < -0.4 is 0 Å². The second-order valence-electron chi connectivity index (χ2n) is 10.1. The smallest absolute Gasteiger partial charge is 0.270 e. The molecule has 40 heavy (non-hydrogen) atoms. The third-order valence-corrected chi connectivity index (χ3v) is 7.71. The van der Waals surface area contributed by atoms with Crippen LogP contribution in [0.3, 0.4) is 0 Å². The number of carbonyl (C=O) groups excluding carboxylic acids is 1. The number of aromatic nitrogens is 1. The van der Waals surface area contributed by atoms with Crippen LogP contribution >= 0.6 is 0 Å². The van der Waals surface area contributed by atoms with Crippen LogP contribution in [0.1, 0.15) is 36.0 Å². The van der Waals surface area contributed by atoms with E-state index in [2.05, 4.69) is 11.8 Å². The average Bonchev–Trinajstić information content (AvgIpc) is 3.33. The van der Waals surface area contributed by atoms with Crippen molar-refractivity contribution in [2.75, 3.05) is 32.7 Å². The van der Waals surface area contributed by atoms with Gasteiger partial charge in [0.25, 0.3) is 11.4 Å². The number of hydrogen-bond acceptors (Lipinski definition) is 6. The van der Waals surface area contributed by atoms with Crippen molar-refractivity contribution in [3.05, 3.63) is 116 Å². The molecular weight excluding hydrogens is 510 g/mol. The van der Waals surface area contributed by atoms with E-state index in [0.717, 1.165) is 36.3 Å². The third-order valence-electron chi connectivity index (χ3n) is 7.71. The molecule has 0 spiro atoms. The van der Waals surface area contributed by atoms with E-state index in [1.54, 1.807) is 24.3 Å². The highest BCUT2D eigenvalue weighted by atomic mass is 16.6. The largest absolute Gasteiger partial charge is 0.343 e. The maximum absolute atomic E-state index is 13.6. The number of carbonyl (C=O) groups is 1. The van der Waals surface area contributed by atoms with Crippen molar-refractivity contribution in [3.63, 3.8) is 0 Å². The van der Waals surface area contributed by atoms with Crippen molar-refractivity contribution in [1.29, 1.82) is 0 Å². The molecule has 1 saturated heterocycles. The zero-order valence-corrected chi connectivity index (χ0v) is 22.3. The summed E-state index contributed by atoms with van der Waals surface area (Å²) >= 11 is 0. The zero-order chi connectivity index (χ0) is 28.2. The van der Waals surface area contributed by atoms with Crippen molar-refractivity contribution < 1.29 is 14.6 Å². The molecule has 206 valence electrons. The van der Waals surface area contributed by atoms with E-state index in [1.807, 2.05) is 46.0 Å². The molecule has 10 nitrogen and oxygen atoms in total. The van der Waals surface area contributed by atoms with Gasteiger partial charge in [0.05, 0.1) is 9.85 Å². The van der Waals surface area contributed by atoms with Crippen molar-refractivity contribution in [3.8, 4) is 0 Å². The van der Waals surface area contributed by atoms with E-state index >= 15 is 0 Å². The molecule has 5 rings (SSSR count). The zero-order valence-electron chi connectivity index (χ0n) is 22.3. The van der Waals surface area contributed by atoms with Crippen molar-refractivity contribution in [2.45, 2.75) is 25.8 Å². The van der Waals surface area contributed by atoms with Gasteiger partial charge in [-0.05, 0) is 29.3 Å². The Hall–Kier alpha value is -4.57. The second-order valence-corrected chi connectivity index (χ2v) is 10.1.